The summed E-state index contributed by atoms with van der Waals surface area (Å²) < 4.78 is 0. The van der Waals surface area contributed by atoms with E-state index in [-0.39, 0.29) is 36.1 Å². The zero-order valence-electron chi connectivity index (χ0n) is 14.4. The zero-order valence-corrected chi connectivity index (χ0v) is 14.4. The molecule has 0 aromatic carbocycles. The molecular weight excluding hydrogens is 299 g/mol. The summed E-state index contributed by atoms with van der Waals surface area (Å²) in [5.41, 5.74) is 0. The van der Waals surface area contributed by atoms with Crippen LogP contribution in [0.2, 0.25) is 0 Å². The SMILES string of the molecule is CCCCCCCCCCCCCC1=NCCN1CC(=O)O.[NaH]. The van der Waals surface area contributed by atoms with E-state index in [9.17, 15) is 4.79 Å². The van der Waals surface area contributed by atoms with Crippen molar-refractivity contribution in [2.24, 2.45) is 4.99 Å². The number of aliphatic carboxylic acids is 1. The summed E-state index contributed by atoms with van der Waals surface area (Å²) in [6.45, 7) is 3.91. The van der Waals surface area contributed by atoms with E-state index < -0.39 is 5.97 Å². The molecule has 0 unspecified atom stereocenters. The van der Waals surface area contributed by atoms with E-state index in [0.29, 0.717) is 0 Å². The van der Waals surface area contributed by atoms with Crippen LogP contribution in [-0.2, 0) is 4.79 Å². The third kappa shape index (κ3) is 12.0. The van der Waals surface area contributed by atoms with E-state index in [0.717, 1.165) is 31.8 Å². The molecule has 0 spiro atoms. The van der Waals surface area contributed by atoms with E-state index in [1.807, 2.05) is 4.90 Å². The van der Waals surface area contributed by atoms with Gasteiger partial charge < -0.3 is 10.0 Å². The van der Waals surface area contributed by atoms with Crippen molar-refractivity contribution < 1.29 is 9.90 Å². The molecule has 1 heterocycles. The van der Waals surface area contributed by atoms with Crippen LogP contribution >= 0.6 is 0 Å². The second kappa shape index (κ2) is 15.5. The van der Waals surface area contributed by atoms with Crippen molar-refractivity contribution in [3.63, 3.8) is 0 Å². The summed E-state index contributed by atoms with van der Waals surface area (Å²) in [6.07, 6.45) is 15.7. The Balaban J connectivity index is 0.00000484. The first kappa shape index (κ1) is 22.9. The van der Waals surface area contributed by atoms with Crippen LogP contribution in [0.3, 0.4) is 0 Å². The van der Waals surface area contributed by atoms with Crippen molar-refractivity contribution in [2.75, 3.05) is 19.6 Å². The second-order valence-corrected chi connectivity index (χ2v) is 6.40. The first-order valence-electron chi connectivity index (χ1n) is 9.24. The molecule has 0 fully saturated rings. The van der Waals surface area contributed by atoms with E-state index in [4.69, 9.17) is 5.11 Å². The van der Waals surface area contributed by atoms with Gasteiger partial charge in [0.05, 0.1) is 12.4 Å². The molecule has 0 atom stereocenters. The molecule has 0 saturated heterocycles. The van der Waals surface area contributed by atoms with Crippen LogP contribution in [0, 0.1) is 0 Å². The first-order valence-corrected chi connectivity index (χ1v) is 9.24. The van der Waals surface area contributed by atoms with E-state index >= 15 is 0 Å². The van der Waals surface area contributed by atoms with Gasteiger partial charge in [-0.3, -0.25) is 9.79 Å². The molecule has 23 heavy (non-hydrogen) atoms. The summed E-state index contributed by atoms with van der Waals surface area (Å²) >= 11 is 0. The normalized spacial score (nSPS) is 13.8. The predicted octanol–water partition coefficient (Wildman–Crippen LogP) is 3.84. The Kier molecular flexibility index (Phi) is 15.4. The molecule has 1 aliphatic rings. The Labute approximate surface area is 164 Å². The van der Waals surface area contributed by atoms with Crippen LogP contribution in [0.5, 0.6) is 0 Å². The number of rotatable bonds is 14. The quantitative estimate of drug-likeness (QED) is 0.388. The summed E-state index contributed by atoms with van der Waals surface area (Å²) in [5.74, 6) is 0.256. The molecule has 0 amide bonds. The van der Waals surface area contributed by atoms with Crippen LogP contribution in [0.1, 0.15) is 84.0 Å². The van der Waals surface area contributed by atoms with Crippen LogP contribution in [0.15, 0.2) is 4.99 Å². The van der Waals surface area contributed by atoms with E-state index in [2.05, 4.69) is 11.9 Å². The number of amidine groups is 1. The van der Waals surface area contributed by atoms with Gasteiger partial charge in [0.25, 0.3) is 0 Å². The molecule has 0 saturated carbocycles. The Morgan fingerprint density at radius 1 is 1.00 bits per heavy atom. The number of unbranched alkanes of at least 4 members (excludes halogenated alkanes) is 10. The fourth-order valence-corrected chi connectivity index (χ4v) is 3.05. The van der Waals surface area contributed by atoms with Gasteiger partial charge in [-0.15, -0.1) is 0 Å². The Hall–Kier alpha value is -0.0600. The summed E-state index contributed by atoms with van der Waals surface area (Å²) in [4.78, 5) is 17.1. The van der Waals surface area contributed by atoms with Gasteiger partial charge in [-0.2, -0.15) is 0 Å². The fourth-order valence-electron chi connectivity index (χ4n) is 3.05. The Morgan fingerprint density at radius 3 is 2.04 bits per heavy atom. The third-order valence-corrected chi connectivity index (χ3v) is 4.36. The molecular formula is C18H35N2NaO2. The zero-order chi connectivity index (χ0) is 16.0. The first-order chi connectivity index (χ1) is 10.7. The third-order valence-electron chi connectivity index (χ3n) is 4.36. The maximum atomic E-state index is 10.8. The van der Waals surface area contributed by atoms with Crippen LogP contribution in [0.4, 0.5) is 0 Å². The van der Waals surface area contributed by atoms with E-state index in [1.54, 1.807) is 0 Å². The van der Waals surface area contributed by atoms with Crippen LogP contribution < -0.4 is 0 Å². The Morgan fingerprint density at radius 2 is 1.52 bits per heavy atom. The molecule has 1 rings (SSSR count). The van der Waals surface area contributed by atoms with Crippen molar-refractivity contribution >= 4 is 41.4 Å². The standard InChI is InChI=1S/C18H34N2O2.Na.H/c1-2-3-4-5-6-7-8-9-10-11-12-13-17-19-14-15-20(17)16-18(21)22;;/h2-16H2,1H3,(H,21,22);;. The molecule has 0 bridgehead atoms. The van der Waals surface area contributed by atoms with Gasteiger partial charge in [0.2, 0.25) is 0 Å². The second-order valence-electron chi connectivity index (χ2n) is 6.40. The van der Waals surface area contributed by atoms with Crippen molar-refractivity contribution in [1.29, 1.82) is 0 Å². The number of carbonyl (C=O) groups is 1. The molecule has 5 heteroatoms. The van der Waals surface area contributed by atoms with Crippen LogP contribution in [-0.4, -0.2) is 71.0 Å². The number of hydrogen-bond acceptors (Lipinski definition) is 3. The minimum atomic E-state index is -0.756. The van der Waals surface area contributed by atoms with Gasteiger partial charge in [0.15, 0.2) is 0 Å². The molecule has 1 aliphatic heterocycles. The molecule has 1 N–H and O–H groups in total. The van der Waals surface area contributed by atoms with Crippen molar-refractivity contribution in [1.82, 2.24) is 4.90 Å². The molecule has 0 radical (unpaired) electrons. The van der Waals surface area contributed by atoms with Crippen LogP contribution in [0.25, 0.3) is 0 Å². The number of nitrogens with zero attached hydrogens (tertiary/aromatic N) is 2. The number of hydrogen-bond donors (Lipinski definition) is 1. The van der Waals surface area contributed by atoms with Gasteiger partial charge in [-0.1, -0.05) is 71.1 Å². The van der Waals surface area contributed by atoms with Crippen molar-refractivity contribution in [3.8, 4) is 0 Å². The van der Waals surface area contributed by atoms with Gasteiger partial charge in [-0.05, 0) is 6.42 Å². The molecule has 0 aromatic heterocycles. The van der Waals surface area contributed by atoms with Gasteiger partial charge in [0.1, 0.15) is 6.54 Å². The van der Waals surface area contributed by atoms with Crippen molar-refractivity contribution in [3.05, 3.63) is 0 Å². The number of carboxylic acids is 1. The van der Waals surface area contributed by atoms with Gasteiger partial charge in [0, 0.05) is 13.0 Å². The van der Waals surface area contributed by atoms with E-state index in [1.165, 1.54) is 64.2 Å². The molecule has 0 aliphatic carbocycles. The monoisotopic (exact) mass is 334 g/mol. The maximum absolute atomic E-state index is 10.8. The molecule has 0 aromatic rings. The summed E-state index contributed by atoms with van der Waals surface area (Å²) in [7, 11) is 0. The van der Waals surface area contributed by atoms with Gasteiger partial charge >= 0.3 is 35.5 Å². The minimum absolute atomic E-state index is 0. The number of aliphatic imine (C=N–C) groups is 1. The predicted molar refractivity (Wildman–Crippen MR) is 99.7 cm³/mol. The topological polar surface area (TPSA) is 52.9 Å². The molecule has 130 valence electrons. The summed E-state index contributed by atoms with van der Waals surface area (Å²) in [6, 6.07) is 0. The molecule has 4 nitrogen and oxygen atoms in total. The average Bonchev–Trinajstić information content (AvgIpc) is 2.91. The number of carboxylic acid groups (broad SMARTS) is 1. The summed E-state index contributed by atoms with van der Waals surface area (Å²) in [5, 5.41) is 8.86. The van der Waals surface area contributed by atoms with Crippen molar-refractivity contribution in [2.45, 2.75) is 84.0 Å². The fraction of sp³-hybridized carbons (Fsp3) is 0.889. The average molecular weight is 334 g/mol. The van der Waals surface area contributed by atoms with Gasteiger partial charge in [-0.25, -0.2) is 0 Å². The Bertz CT molecular complexity index is 335.